The fourth-order valence-corrected chi connectivity index (χ4v) is 5.04. The number of carbonyl (C=O) groups is 2. The molecule has 0 radical (unpaired) electrons. The number of hydrogen-bond donors (Lipinski definition) is 0. The van der Waals surface area contributed by atoms with E-state index < -0.39 is 12.2 Å². The Balaban J connectivity index is 0.000000356. The SMILES string of the molecule is Brc1ccc(Br)nc1.C[C@@H](OC1CCCCO1)C(=O)N1CCOCC1.C[C@@H](OC1CCCCO1)C(=O)c1ccc(Br)cn1.[CH2-]CCC.[Li+]. The van der Waals surface area contributed by atoms with Crippen LogP contribution >= 0.6 is 47.8 Å². The van der Waals surface area contributed by atoms with E-state index in [4.69, 9.17) is 23.7 Å². The van der Waals surface area contributed by atoms with Crippen LogP contribution < -0.4 is 18.9 Å². The summed E-state index contributed by atoms with van der Waals surface area (Å²) in [5.41, 5.74) is 0.418. The van der Waals surface area contributed by atoms with Crippen molar-refractivity contribution >= 4 is 59.5 Å². The van der Waals surface area contributed by atoms with E-state index in [1.807, 2.05) is 12.1 Å². The number of ether oxygens (including phenoxy) is 5. The Kier molecular flexibility index (Phi) is 25.5. The van der Waals surface area contributed by atoms with Gasteiger partial charge in [-0.3, -0.25) is 14.6 Å². The van der Waals surface area contributed by atoms with Gasteiger partial charge in [0.15, 0.2) is 12.6 Å². The van der Waals surface area contributed by atoms with E-state index in [2.05, 4.69) is 71.6 Å². The van der Waals surface area contributed by atoms with Gasteiger partial charge in [0.25, 0.3) is 5.91 Å². The standard InChI is InChI=1S/C13H16BrNO3.C12H21NO4.C5H3Br2N.C4H9.Li/c1-9(18-12-4-2-3-7-17-12)13(16)11-6-5-10(14)8-15-11;1-10(17-11-4-2-3-7-16-11)12(14)13-5-8-15-9-6-13;6-4-1-2-5(7)8-3-4;1-3-4-2;/h5-6,8-9,12H,2-4,7H2,1H3;10-11H,2-9H2,1H3;1-3H;1,3-4H2,2H3;/q;;;-1;+1/t9-,12?;10-,11?;;;/m11.../s1. The van der Waals surface area contributed by atoms with Crippen LogP contribution in [0.1, 0.15) is 82.6 Å². The maximum absolute atomic E-state index is 12.1. The van der Waals surface area contributed by atoms with Gasteiger partial charge in [-0.1, -0.05) is 13.3 Å². The molecule has 5 heterocycles. The molecule has 0 aromatic carbocycles. The van der Waals surface area contributed by atoms with Crippen molar-refractivity contribution < 1.29 is 52.1 Å². The molecule has 3 aliphatic heterocycles. The van der Waals surface area contributed by atoms with Crippen molar-refractivity contribution in [2.45, 2.75) is 96.9 Å². The number of Topliss-reactive ketones (excluding diaryl/α,β-unsaturated/α-hetero) is 1. The second kappa shape index (κ2) is 27.0. The third-order valence-electron chi connectivity index (χ3n) is 7.05. The third-order valence-corrected chi connectivity index (χ3v) is 8.46. The van der Waals surface area contributed by atoms with Crippen LogP contribution in [0.3, 0.4) is 0 Å². The fourth-order valence-electron chi connectivity index (χ4n) is 4.34. The van der Waals surface area contributed by atoms with Crippen molar-refractivity contribution in [2.75, 3.05) is 39.5 Å². The molecule has 0 saturated carbocycles. The van der Waals surface area contributed by atoms with Gasteiger partial charge in [0, 0.05) is 47.6 Å². The van der Waals surface area contributed by atoms with Crippen molar-refractivity contribution in [3.05, 3.63) is 62.8 Å². The first-order valence-electron chi connectivity index (χ1n) is 16.3. The number of rotatable bonds is 8. The molecule has 5 rings (SSSR count). The number of amides is 1. The minimum atomic E-state index is -0.526. The Bertz CT molecular complexity index is 1110. The molecule has 2 aromatic rings. The molecule has 14 heteroatoms. The van der Waals surface area contributed by atoms with E-state index in [-0.39, 0.29) is 43.1 Å². The van der Waals surface area contributed by atoms with Crippen molar-refractivity contribution in [1.29, 1.82) is 0 Å². The topological polar surface area (TPSA) is 109 Å². The number of ketones is 1. The number of nitrogens with zero attached hydrogens (tertiary/aromatic N) is 3. The summed E-state index contributed by atoms with van der Waals surface area (Å²) in [6.07, 6.45) is 10.3. The first kappa shape index (κ1) is 45.3. The third kappa shape index (κ3) is 19.0. The van der Waals surface area contributed by atoms with Crippen LogP contribution in [-0.2, 0) is 28.5 Å². The van der Waals surface area contributed by atoms with Gasteiger partial charge in [0.2, 0.25) is 5.78 Å². The van der Waals surface area contributed by atoms with Gasteiger partial charge in [0.1, 0.15) is 22.5 Å². The Morgan fingerprint density at radius 2 is 1.38 bits per heavy atom. The van der Waals surface area contributed by atoms with E-state index in [9.17, 15) is 9.59 Å². The number of aromatic nitrogens is 2. The van der Waals surface area contributed by atoms with Gasteiger partial charge in [-0.05, 0) is 124 Å². The van der Waals surface area contributed by atoms with Crippen LogP contribution in [0.15, 0.2) is 50.2 Å². The van der Waals surface area contributed by atoms with Gasteiger partial charge in [0.05, 0.1) is 13.2 Å². The number of carbonyl (C=O) groups excluding carboxylic acids is 2. The summed E-state index contributed by atoms with van der Waals surface area (Å²) in [5, 5.41) is 0. The zero-order valence-electron chi connectivity index (χ0n) is 28.7. The fraction of sp³-hybridized carbons (Fsp3) is 0.618. The van der Waals surface area contributed by atoms with Crippen molar-refractivity contribution in [3.63, 3.8) is 0 Å². The number of halogens is 3. The minimum Gasteiger partial charge on any atom is -0.378 e. The largest absolute Gasteiger partial charge is 1.00 e. The molecule has 3 fully saturated rings. The molecule has 48 heavy (non-hydrogen) atoms. The van der Waals surface area contributed by atoms with Crippen molar-refractivity contribution in [1.82, 2.24) is 14.9 Å². The van der Waals surface area contributed by atoms with Gasteiger partial charge in [-0.25, -0.2) is 4.98 Å². The summed E-state index contributed by atoms with van der Waals surface area (Å²) in [4.78, 5) is 34.0. The molecule has 3 saturated heterocycles. The molecule has 4 atom stereocenters. The van der Waals surface area contributed by atoms with Crippen molar-refractivity contribution in [2.24, 2.45) is 0 Å². The smallest absolute Gasteiger partial charge is 0.378 e. The number of pyridine rings is 2. The number of hydrogen-bond acceptors (Lipinski definition) is 9. The van der Waals surface area contributed by atoms with Gasteiger partial charge in [-0.2, -0.15) is 6.42 Å². The van der Waals surface area contributed by atoms with Crippen LogP contribution in [0.4, 0.5) is 0 Å². The molecule has 3 aliphatic rings. The van der Waals surface area contributed by atoms with Crippen LogP contribution in [0.5, 0.6) is 0 Å². The molecule has 264 valence electrons. The van der Waals surface area contributed by atoms with E-state index in [0.717, 1.165) is 65.1 Å². The van der Waals surface area contributed by atoms with E-state index in [1.54, 1.807) is 43.3 Å². The molecule has 0 N–H and O–H groups in total. The molecule has 10 nitrogen and oxygen atoms in total. The summed E-state index contributed by atoms with van der Waals surface area (Å²) in [6.45, 7) is 13.3. The maximum Gasteiger partial charge on any atom is 1.00 e. The first-order valence-corrected chi connectivity index (χ1v) is 18.6. The maximum atomic E-state index is 12.1. The predicted molar refractivity (Wildman–Crippen MR) is 192 cm³/mol. The van der Waals surface area contributed by atoms with Crippen LogP contribution in [0.2, 0.25) is 0 Å². The summed E-state index contributed by atoms with van der Waals surface area (Å²) in [5.74, 6) is -0.0702. The molecule has 1 amide bonds. The van der Waals surface area contributed by atoms with E-state index in [0.29, 0.717) is 38.6 Å². The van der Waals surface area contributed by atoms with Gasteiger partial charge in [-0.15, -0.1) is 0 Å². The molecule has 0 bridgehead atoms. The van der Waals surface area contributed by atoms with E-state index in [1.165, 1.54) is 6.42 Å². The first-order chi connectivity index (χ1) is 22.6. The zero-order chi connectivity index (χ0) is 34.4. The minimum absolute atomic E-state index is 0. The summed E-state index contributed by atoms with van der Waals surface area (Å²) in [6, 6.07) is 7.29. The molecule has 0 spiro atoms. The van der Waals surface area contributed by atoms with Crippen LogP contribution in [0.25, 0.3) is 0 Å². The van der Waals surface area contributed by atoms with Crippen LogP contribution in [-0.4, -0.2) is 90.9 Å². The summed E-state index contributed by atoms with van der Waals surface area (Å²) in [7, 11) is 0. The second-order valence-corrected chi connectivity index (χ2v) is 13.6. The Labute approximate surface area is 323 Å². The summed E-state index contributed by atoms with van der Waals surface area (Å²) >= 11 is 9.76. The van der Waals surface area contributed by atoms with Gasteiger partial charge >= 0.3 is 18.9 Å². The van der Waals surface area contributed by atoms with E-state index >= 15 is 0 Å². The molecule has 0 aliphatic carbocycles. The predicted octanol–water partition coefficient (Wildman–Crippen LogP) is 4.97. The number of unbranched alkanes of at least 4 members (excludes halogenated alkanes) is 1. The van der Waals surface area contributed by atoms with Crippen LogP contribution in [0, 0.1) is 6.92 Å². The molecule has 2 aromatic heterocycles. The quantitative estimate of drug-likeness (QED) is 0.158. The Morgan fingerprint density at radius 1 is 0.854 bits per heavy atom. The molecule has 2 unspecified atom stereocenters. The van der Waals surface area contributed by atoms with Gasteiger partial charge < -0.3 is 35.5 Å². The summed E-state index contributed by atoms with van der Waals surface area (Å²) < 4.78 is 30.1. The normalized spacial score (nSPS) is 20.1. The monoisotopic (exact) mass is 855 g/mol. The zero-order valence-corrected chi connectivity index (χ0v) is 33.5. The second-order valence-electron chi connectivity index (χ2n) is 11.0. The van der Waals surface area contributed by atoms with Crippen molar-refractivity contribution in [3.8, 4) is 0 Å². The average molecular weight is 858 g/mol. The molecular formula is C34H49Br3LiN3O7. The molecular weight excluding hydrogens is 809 g/mol. The Hall–Kier alpha value is -0.723. The number of morpholine rings is 1. The Morgan fingerprint density at radius 3 is 1.79 bits per heavy atom. The average Bonchev–Trinajstić information content (AvgIpc) is 3.11.